The van der Waals surface area contributed by atoms with E-state index in [1.807, 2.05) is 48.5 Å². The maximum atomic E-state index is 12.2. The van der Waals surface area contributed by atoms with Gasteiger partial charge >= 0.3 is 5.97 Å². The van der Waals surface area contributed by atoms with E-state index >= 15 is 0 Å². The highest BCUT2D eigenvalue weighted by Crippen LogP contribution is 2.32. The maximum Gasteiger partial charge on any atom is 0.327 e. The maximum absolute atomic E-state index is 12.2. The number of carboxylic acids is 1. The highest BCUT2D eigenvalue weighted by Gasteiger charge is 2.18. The SMILES string of the molecule is O=C(/C=C/C=C(\Cl)c1cc2cccc(OCCCCl)c2o1)NC(CSCc1ccccc1)C(=O)O. The molecule has 0 saturated heterocycles. The molecule has 35 heavy (non-hydrogen) atoms. The van der Waals surface area contributed by atoms with Crippen molar-refractivity contribution in [1.82, 2.24) is 5.32 Å². The number of carboxylic acid groups (broad SMARTS) is 1. The number of carbonyl (C=O) groups is 2. The Labute approximate surface area is 217 Å². The first-order valence-corrected chi connectivity index (χ1v) is 12.9. The van der Waals surface area contributed by atoms with Gasteiger partial charge in [-0.2, -0.15) is 11.8 Å². The molecule has 9 heteroatoms. The van der Waals surface area contributed by atoms with Crippen LogP contribution in [-0.4, -0.2) is 41.3 Å². The van der Waals surface area contributed by atoms with Crippen LogP contribution in [-0.2, 0) is 15.3 Å². The first kappa shape index (κ1) is 26.7. The van der Waals surface area contributed by atoms with E-state index in [1.165, 1.54) is 30.0 Å². The molecule has 0 fully saturated rings. The van der Waals surface area contributed by atoms with E-state index in [0.717, 1.165) is 10.9 Å². The Balaban J connectivity index is 1.57. The van der Waals surface area contributed by atoms with Crippen molar-refractivity contribution in [2.75, 3.05) is 18.2 Å². The van der Waals surface area contributed by atoms with Gasteiger partial charge in [-0.3, -0.25) is 4.79 Å². The molecule has 3 aromatic rings. The van der Waals surface area contributed by atoms with Crippen LogP contribution in [0.25, 0.3) is 16.0 Å². The summed E-state index contributed by atoms with van der Waals surface area (Å²) in [6.07, 6.45) is 4.89. The van der Waals surface area contributed by atoms with Gasteiger partial charge in [0.15, 0.2) is 11.3 Å². The Morgan fingerprint density at radius 1 is 1.17 bits per heavy atom. The zero-order valence-corrected chi connectivity index (χ0v) is 21.1. The zero-order valence-electron chi connectivity index (χ0n) is 18.8. The van der Waals surface area contributed by atoms with Gasteiger partial charge in [0.2, 0.25) is 5.91 Å². The van der Waals surface area contributed by atoms with Crippen molar-refractivity contribution in [1.29, 1.82) is 0 Å². The fraction of sp³-hybridized carbons (Fsp3) is 0.231. The number of ether oxygens (including phenoxy) is 1. The first-order chi connectivity index (χ1) is 17.0. The summed E-state index contributed by atoms with van der Waals surface area (Å²) in [4.78, 5) is 23.8. The summed E-state index contributed by atoms with van der Waals surface area (Å²) in [5.74, 6) is 0.808. The molecule has 2 aromatic carbocycles. The molecular formula is C26H25Cl2NO5S. The Morgan fingerprint density at radius 3 is 2.71 bits per heavy atom. The Bertz CT molecular complexity index is 1190. The van der Waals surface area contributed by atoms with E-state index in [-0.39, 0.29) is 10.8 Å². The number of aliphatic carboxylic acids is 1. The van der Waals surface area contributed by atoms with Crippen LogP contribution in [0.2, 0.25) is 0 Å². The number of halogens is 2. The number of allylic oxidation sites excluding steroid dienone is 2. The average Bonchev–Trinajstić information content (AvgIpc) is 3.29. The van der Waals surface area contributed by atoms with Crippen LogP contribution in [0.3, 0.4) is 0 Å². The second-order valence-electron chi connectivity index (χ2n) is 7.45. The number of carbonyl (C=O) groups excluding carboxylic acids is 1. The van der Waals surface area contributed by atoms with Crippen LogP contribution in [0.4, 0.5) is 0 Å². The average molecular weight is 534 g/mol. The van der Waals surface area contributed by atoms with Crippen LogP contribution in [0.15, 0.2) is 77.2 Å². The van der Waals surface area contributed by atoms with E-state index in [4.69, 9.17) is 32.4 Å². The molecule has 1 heterocycles. The molecule has 1 amide bonds. The van der Waals surface area contributed by atoms with Gasteiger partial charge in [0, 0.05) is 28.8 Å². The third-order valence-corrected chi connectivity index (χ3v) is 6.47. The molecule has 0 radical (unpaired) electrons. The topological polar surface area (TPSA) is 88.8 Å². The van der Waals surface area contributed by atoms with Crippen molar-refractivity contribution in [3.8, 4) is 5.75 Å². The van der Waals surface area contributed by atoms with Gasteiger partial charge in [-0.1, -0.05) is 60.1 Å². The quantitative estimate of drug-likeness (QED) is 0.120. The molecule has 6 nitrogen and oxygen atoms in total. The lowest BCUT2D eigenvalue weighted by Gasteiger charge is -2.12. The van der Waals surface area contributed by atoms with Gasteiger partial charge in [0.05, 0.1) is 11.6 Å². The minimum Gasteiger partial charge on any atom is -0.490 e. The highest BCUT2D eigenvalue weighted by molar-refractivity contribution is 7.98. The molecule has 1 unspecified atom stereocenters. The molecule has 1 aromatic heterocycles. The summed E-state index contributed by atoms with van der Waals surface area (Å²) in [6, 6.07) is 16.0. The van der Waals surface area contributed by atoms with Gasteiger partial charge in [-0.15, -0.1) is 11.6 Å². The lowest BCUT2D eigenvalue weighted by Crippen LogP contribution is -2.41. The number of furan rings is 1. The van der Waals surface area contributed by atoms with Crippen LogP contribution < -0.4 is 10.1 Å². The second-order valence-corrected chi connectivity index (χ2v) is 9.27. The van der Waals surface area contributed by atoms with Crippen molar-refractivity contribution in [2.24, 2.45) is 0 Å². The van der Waals surface area contributed by atoms with Crippen LogP contribution in [0.5, 0.6) is 5.75 Å². The largest absolute Gasteiger partial charge is 0.490 e. The number of amides is 1. The van der Waals surface area contributed by atoms with E-state index < -0.39 is 17.9 Å². The summed E-state index contributed by atoms with van der Waals surface area (Å²) in [6.45, 7) is 0.474. The fourth-order valence-electron chi connectivity index (χ4n) is 3.07. The molecule has 0 aliphatic carbocycles. The van der Waals surface area contributed by atoms with Gasteiger partial charge in [0.25, 0.3) is 0 Å². The number of thioether (sulfide) groups is 1. The van der Waals surface area contributed by atoms with Crippen molar-refractivity contribution in [2.45, 2.75) is 18.2 Å². The molecule has 0 aliphatic heterocycles. The van der Waals surface area contributed by atoms with Gasteiger partial charge in [-0.05, 0) is 30.2 Å². The van der Waals surface area contributed by atoms with E-state index in [9.17, 15) is 14.7 Å². The molecule has 0 spiro atoms. The predicted octanol–water partition coefficient (Wildman–Crippen LogP) is 6.08. The summed E-state index contributed by atoms with van der Waals surface area (Å²) >= 11 is 13.5. The minimum atomic E-state index is -1.09. The summed E-state index contributed by atoms with van der Waals surface area (Å²) < 4.78 is 11.6. The molecule has 2 N–H and O–H groups in total. The number of para-hydroxylation sites is 1. The molecular weight excluding hydrogens is 509 g/mol. The number of hydrogen-bond donors (Lipinski definition) is 2. The number of rotatable bonds is 13. The molecule has 0 saturated carbocycles. The third-order valence-electron chi connectivity index (χ3n) is 4.78. The molecule has 0 bridgehead atoms. The normalized spacial score (nSPS) is 12.7. The minimum absolute atomic E-state index is 0.245. The number of nitrogens with one attached hydrogen (secondary N) is 1. The van der Waals surface area contributed by atoms with Crippen molar-refractivity contribution in [3.63, 3.8) is 0 Å². The van der Waals surface area contributed by atoms with Crippen molar-refractivity contribution >= 4 is 62.8 Å². The van der Waals surface area contributed by atoms with Gasteiger partial charge in [0.1, 0.15) is 11.8 Å². The Kier molecular flexibility index (Phi) is 10.6. The summed E-state index contributed by atoms with van der Waals surface area (Å²) in [5.41, 5.74) is 1.66. The predicted molar refractivity (Wildman–Crippen MR) is 142 cm³/mol. The van der Waals surface area contributed by atoms with E-state index in [0.29, 0.717) is 41.8 Å². The third kappa shape index (κ3) is 8.38. The van der Waals surface area contributed by atoms with Crippen LogP contribution in [0.1, 0.15) is 17.7 Å². The van der Waals surface area contributed by atoms with Crippen molar-refractivity contribution < 1.29 is 23.8 Å². The number of fused-ring (bicyclic) bond motifs is 1. The number of hydrogen-bond acceptors (Lipinski definition) is 5. The van der Waals surface area contributed by atoms with Crippen LogP contribution in [0, 0.1) is 0 Å². The lowest BCUT2D eigenvalue weighted by atomic mass is 10.2. The first-order valence-electron chi connectivity index (χ1n) is 10.9. The van der Waals surface area contributed by atoms with E-state index in [2.05, 4.69) is 5.32 Å². The highest BCUT2D eigenvalue weighted by atomic mass is 35.5. The Morgan fingerprint density at radius 2 is 1.97 bits per heavy atom. The summed E-state index contributed by atoms with van der Waals surface area (Å²) in [7, 11) is 0. The smallest absolute Gasteiger partial charge is 0.327 e. The summed E-state index contributed by atoms with van der Waals surface area (Å²) in [5, 5.41) is 13.0. The molecule has 0 aliphatic rings. The Hall–Kier alpha value is -2.87. The van der Waals surface area contributed by atoms with Gasteiger partial charge < -0.3 is 19.6 Å². The molecule has 184 valence electrons. The monoisotopic (exact) mass is 533 g/mol. The second kappa shape index (κ2) is 13.9. The van der Waals surface area contributed by atoms with Crippen LogP contribution >= 0.6 is 35.0 Å². The zero-order chi connectivity index (χ0) is 25.0. The lowest BCUT2D eigenvalue weighted by molar-refractivity contribution is -0.140. The van der Waals surface area contributed by atoms with Gasteiger partial charge in [-0.25, -0.2) is 4.79 Å². The molecule has 3 rings (SSSR count). The van der Waals surface area contributed by atoms with Crippen molar-refractivity contribution in [3.05, 3.63) is 84.1 Å². The van der Waals surface area contributed by atoms with E-state index in [1.54, 1.807) is 6.07 Å². The fourth-order valence-corrected chi connectivity index (χ4v) is 4.35. The standard InChI is InChI=1S/C26H25Cl2NO5S/c27-13-6-14-33-22-11-4-9-19-15-23(34-25(19)22)20(28)10-5-12-24(30)29-21(26(31)32)17-35-16-18-7-2-1-3-8-18/h1-5,7-12,15,21H,6,13-14,16-17H2,(H,29,30)(H,31,32)/b12-5+,20-10-. The molecule has 1 atom stereocenters. The number of benzene rings is 2. The number of alkyl halides is 1.